The number of aliphatic carboxylic acids is 2. The van der Waals surface area contributed by atoms with Gasteiger partial charge in [-0.25, -0.2) is 9.59 Å². The summed E-state index contributed by atoms with van der Waals surface area (Å²) >= 11 is 0. The van der Waals surface area contributed by atoms with Crippen LogP contribution in [-0.4, -0.2) is 60.7 Å². The SMILES string of the molecule is C1CCNCC1.C1CCNCC1.O=C(O)C(F)(F)F.O=C(O)C(F)(F)F. The first kappa shape index (κ1) is 26.7. The zero-order valence-corrected chi connectivity index (χ0v) is 14.0. The van der Waals surface area contributed by atoms with E-state index in [9.17, 15) is 26.3 Å². The molecule has 156 valence electrons. The molecule has 0 unspecified atom stereocenters. The minimum Gasteiger partial charge on any atom is -0.475 e. The van der Waals surface area contributed by atoms with Crippen molar-refractivity contribution < 1.29 is 46.1 Å². The maximum Gasteiger partial charge on any atom is 0.490 e. The van der Waals surface area contributed by atoms with Gasteiger partial charge in [-0.15, -0.1) is 0 Å². The number of alkyl halides is 6. The van der Waals surface area contributed by atoms with Crippen LogP contribution in [0.5, 0.6) is 0 Å². The van der Waals surface area contributed by atoms with Gasteiger partial charge in [0.05, 0.1) is 0 Å². The van der Waals surface area contributed by atoms with Crippen LogP contribution in [0.4, 0.5) is 26.3 Å². The second-order valence-corrected chi connectivity index (χ2v) is 5.23. The Bertz CT molecular complexity index is 322. The standard InChI is InChI=1S/2C5H11N.2C2HF3O2/c2*1-2-4-6-5-3-1;2*3-2(4,5)1(6)7/h2*6H,1-5H2;2*(H,6,7). The van der Waals surface area contributed by atoms with Crippen molar-refractivity contribution in [2.45, 2.75) is 50.9 Å². The van der Waals surface area contributed by atoms with Crippen molar-refractivity contribution in [3.8, 4) is 0 Å². The molecule has 2 heterocycles. The zero-order chi connectivity index (χ0) is 20.6. The summed E-state index contributed by atoms with van der Waals surface area (Å²) in [6.45, 7) is 5.00. The Morgan fingerprint density at radius 3 is 0.808 bits per heavy atom. The number of carboxylic acid groups (broad SMARTS) is 2. The van der Waals surface area contributed by atoms with E-state index in [0.717, 1.165) is 0 Å². The molecule has 2 saturated heterocycles. The summed E-state index contributed by atoms with van der Waals surface area (Å²) in [7, 11) is 0. The molecule has 6 nitrogen and oxygen atoms in total. The van der Waals surface area contributed by atoms with Crippen LogP contribution >= 0.6 is 0 Å². The molecule has 2 aliphatic rings. The number of carbonyl (C=O) groups is 2. The first-order chi connectivity index (χ1) is 11.9. The van der Waals surface area contributed by atoms with E-state index in [1.54, 1.807) is 0 Å². The Balaban J connectivity index is 0. The molecule has 0 radical (unpaired) electrons. The van der Waals surface area contributed by atoms with Crippen molar-refractivity contribution in [3.63, 3.8) is 0 Å². The van der Waals surface area contributed by atoms with Crippen LogP contribution in [0, 0.1) is 0 Å². The van der Waals surface area contributed by atoms with Gasteiger partial charge < -0.3 is 20.8 Å². The third-order valence-corrected chi connectivity index (χ3v) is 2.90. The van der Waals surface area contributed by atoms with Crippen LogP contribution in [0.3, 0.4) is 0 Å². The fraction of sp³-hybridized carbons (Fsp3) is 0.857. The predicted octanol–water partition coefficient (Wildman–Crippen LogP) is 2.79. The average Bonchev–Trinajstić information content (AvgIpc) is 2.58. The maximum atomic E-state index is 10.6. The molecular formula is C14H24F6N2O4. The Kier molecular flexibility index (Phi) is 15.0. The molecule has 0 amide bonds. The first-order valence-corrected chi connectivity index (χ1v) is 7.90. The van der Waals surface area contributed by atoms with Crippen LogP contribution in [-0.2, 0) is 9.59 Å². The van der Waals surface area contributed by atoms with Crippen molar-refractivity contribution in [3.05, 3.63) is 0 Å². The Morgan fingerprint density at radius 1 is 0.577 bits per heavy atom. The molecule has 0 aromatic rings. The number of hydrogen-bond acceptors (Lipinski definition) is 4. The monoisotopic (exact) mass is 398 g/mol. The van der Waals surface area contributed by atoms with Gasteiger partial charge >= 0.3 is 24.3 Å². The molecule has 2 aliphatic heterocycles. The van der Waals surface area contributed by atoms with Gasteiger partial charge in [-0.3, -0.25) is 0 Å². The molecule has 12 heteroatoms. The number of nitrogens with one attached hydrogen (secondary N) is 2. The van der Waals surface area contributed by atoms with Crippen LogP contribution in [0.2, 0.25) is 0 Å². The highest BCUT2D eigenvalue weighted by Gasteiger charge is 2.38. The number of piperidine rings is 2. The lowest BCUT2D eigenvalue weighted by Crippen LogP contribution is -2.21. The number of hydrogen-bond donors (Lipinski definition) is 4. The molecule has 0 aliphatic carbocycles. The molecule has 0 spiro atoms. The summed E-state index contributed by atoms with van der Waals surface area (Å²) < 4.78 is 63.5. The van der Waals surface area contributed by atoms with Gasteiger partial charge in [0.15, 0.2) is 0 Å². The molecular weight excluding hydrogens is 374 g/mol. The van der Waals surface area contributed by atoms with Crippen molar-refractivity contribution in [1.82, 2.24) is 10.6 Å². The average molecular weight is 398 g/mol. The van der Waals surface area contributed by atoms with Gasteiger partial charge in [0.25, 0.3) is 0 Å². The largest absolute Gasteiger partial charge is 0.490 e. The molecule has 0 atom stereocenters. The van der Waals surface area contributed by atoms with Gasteiger partial charge in [-0.05, 0) is 51.9 Å². The number of halogens is 6. The summed E-state index contributed by atoms with van der Waals surface area (Å²) in [4.78, 5) is 17.8. The second-order valence-electron chi connectivity index (χ2n) is 5.23. The first-order valence-electron chi connectivity index (χ1n) is 7.90. The molecule has 2 rings (SSSR count). The van der Waals surface area contributed by atoms with Gasteiger partial charge in [0, 0.05) is 0 Å². The van der Waals surface area contributed by atoms with E-state index in [4.69, 9.17) is 19.8 Å². The molecule has 26 heavy (non-hydrogen) atoms. The van der Waals surface area contributed by atoms with Crippen LogP contribution in [0.1, 0.15) is 38.5 Å². The summed E-state index contributed by atoms with van der Waals surface area (Å²) in [5.41, 5.74) is 0. The molecule has 0 aromatic carbocycles. The van der Waals surface area contributed by atoms with Gasteiger partial charge in [0.1, 0.15) is 0 Å². The van der Waals surface area contributed by atoms with Gasteiger partial charge in [0.2, 0.25) is 0 Å². The van der Waals surface area contributed by atoms with Crippen LogP contribution < -0.4 is 10.6 Å². The topological polar surface area (TPSA) is 98.7 Å². The minimum atomic E-state index is -5.08. The van der Waals surface area contributed by atoms with Crippen molar-refractivity contribution in [1.29, 1.82) is 0 Å². The van der Waals surface area contributed by atoms with Gasteiger partial charge in [-0.2, -0.15) is 26.3 Å². The maximum absolute atomic E-state index is 10.6. The lowest BCUT2D eigenvalue weighted by atomic mass is 10.2. The third kappa shape index (κ3) is 20.5. The summed E-state index contributed by atoms with van der Waals surface area (Å²) in [6, 6.07) is 0. The van der Waals surface area contributed by atoms with E-state index in [1.165, 1.54) is 64.7 Å². The molecule has 0 bridgehead atoms. The highest BCUT2D eigenvalue weighted by molar-refractivity contribution is 5.73. The second kappa shape index (κ2) is 14.6. The molecule has 0 aromatic heterocycles. The molecule has 2 fully saturated rings. The highest BCUT2D eigenvalue weighted by Crippen LogP contribution is 2.13. The summed E-state index contributed by atoms with van der Waals surface area (Å²) in [5.74, 6) is -5.51. The van der Waals surface area contributed by atoms with E-state index in [2.05, 4.69) is 10.6 Å². The third-order valence-electron chi connectivity index (χ3n) is 2.90. The lowest BCUT2D eigenvalue weighted by Gasteiger charge is -2.08. The van der Waals surface area contributed by atoms with E-state index < -0.39 is 24.3 Å². The highest BCUT2D eigenvalue weighted by atomic mass is 19.4. The van der Waals surface area contributed by atoms with Crippen LogP contribution in [0.15, 0.2) is 0 Å². The minimum absolute atomic E-state index is 1.25. The van der Waals surface area contributed by atoms with E-state index in [1.807, 2.05) is 0 Å². The van der Waals surface area contributed by atoms with E-state index in [-0.39, 0.29) is 0 Å². The molecule has 0 saturated carbocycles. The van der Waals surface area contributed by atoms with Crippen molar-refractivity contribution in [2.75, 3.05) is 26.2 Å². The molecule has 4 N–H and O–H groups in total. The summed E-state index contributed by atoms with van der Waals surface area (Å²) in [5, 5.41) is 20.8. The Hall–Kier alpha value is -1.56. The number of rotatable bonds is 0. The fourth-order valence-corrected chi connectivity index (χ4v) is 1.60. The van der Waals surface area contributed by atoms with Crippen molar-refractivity contribution >= 4 is 11.9 Å². The zero-order valence-electron chi connectivity index (χ0n) is 14.0. The normalized spacial score (nSPS) is 17.2. The smallest absolute Gasteiger partial charge is 0.475 e. The van der Waals surface area contributed by atoms with Crippen LogP contribution in [0.25, 0.3) is 0 Å². The Morgan fingerprint density at radius 2 is 0.769 bits per heavy atom. The van der Waals surface area contributed by atoms with E-state index in [0.29, 0.717) is 0 Å². The van der Waals surface area contributed by atoms with E-state index >= 15 is 0 Å². The Labute approximate surface area is 146 Å². The predicted molar refractivity (Wildman–Crippen MR) is 80.8 cm³/mol. The fourth-order valence-electron chi connectivity index (χ4n) is 1.60. The van der Waals surface area contributed by atoms with Crippen molar-refractivity contribution in [2.24, 2.45) is 0 Å². The quantitative estimate of drug-likeness (QED) is 0.469. The van der Waals surface area contributed by atoms with Gasteiger partial charge in [-0.1, -0.05) is 12.8 Å². The lowest BCUT2D eigenvalue weighted by molar-refractivity contribution is -0.193. The summed E-state index contributed by atoms with van der Waals surface area (Å²) in [6.07, 6.45) is -1.74. The number of carboxylic acids is 2.